The monoisotopic (exact) mass is 453 g/mol. The highest BCUT2D eigenvalue weighted by molar-refractivity contribution is 7.89. The molecule has 0 radical (unpaired) electrons. The average molecular weight is 454 g/mol. The van der Waals surface area contributed by atoms with Crippen LogP contribution in [0.4, 0.5) is 0 Å². The van der Waals surface area contributed by atoms with Crippen molar-refractivity contribution in [2.75, 3.05) is 19.7 Å². The third-order valence-electron chi connectivity index (χ3n) is 5.27. The van der Waals surface area contributed by atoms with Crippen LogP contribution < -0.4 is 0 Å². The summed E-state index contributed by atoms with van der Waals surface area (Å²) in [6.45, 7) is 1.10. The highest BCUT2D eigenvalue weighted by atomic mass is 32.2. The molecular weight excluding hydrogens is 430 g/mol. The molecule has 0 spiro atoms. The fourth-order valence-corrected chi connectivity index (χ4v) is 5.03. The molecule has 0 bridgehead atoms. The zero-order chi connectivity index (χ0) is 22.6. The second-order valence-electron chi connectivity index (χ2n) is 7.55. The number of hydrogen-bond acceptors (Lipinski definition) is 6. The lowest BCUT2D eigenvalue weighted by molar-refractivity contribution is 0.0474. The summed E-state index contributed by atoms with van der Waals surface area (Å²) in [5.74, 6) is -1.06. The maximum Gasteiger partial charge on any atom is 0.341 e. The van der Waals surface area contributed by atoms with E-state index in [4.69, 9.17) is 4.74 Å². The van der Waals surface area contributed by atoms with Gasteiger partial charge in [0.2, 0.25) is 10.0 Å². The van der Waals surface area contributed by atoms with Crippen molar-refractivity contribution in [3.05, 3.63) is 83.7 Å². The minimum atomic E-state index is -3.54. The molecule has 1 fully saturated rings. The van der Waals surface area contributed by atoms with Crippen LogP contribution in [0, 0.1) is 0 Å². The van der Waals surface area contributed by atoms with Crippen LogP contribution in [0.2, 0.25) is 0 Å². The lowest BCUT2D eigenvalue weighted by Gasteiger charge is -2.15. The van der Waals surface area contributed by atoms with E-state index in [1.165, 1.54) is 34.8 Å². The van der Waals surface area contributed by atoms with Crippen LogP contribution in [0.15, 0.2) is 71.9 Å². The number of Topliss-reactive ketones (excluding diaryl/α,β-unsaturated/α-hetero) is 1. The second-order valence-corrected chi connectivity index (χ2v) is 9.49. The van der Waals surface area contributed by atoms with E-state index in [-0.39, 0.29) is 16.0 Å². The molecule has 0 N–H and O–H groups in total. The number of carbonyl (C=O) groups excluding carboxylic acids is 2. The first-order valence-electron chi connectivity index (χ1n) is 10.3. The largest absolute Gasteiger partial charge is 0.454 e. The SMILES string of the molecule is O=C(COC(=O)c1cnn(Cc2ccccc2)c1)c1ccc(S(=O)(=O)N2CCCC2)cc1. The van der Waals surface area contributed by atoms with Crippen molar-refractivity contribution in [1.82, 2.24) is 14.1 Å². The molecule has 2 heterocycles. The normalized spacial score (nSPS) is 14.4. The molecule has 166 valence electrons. The minimum absolute atomic E-state index is 0.152. The number of ketones is 1. The molecule has 1 aliphatic rings. The number of ether oxygens (including phenoxy) is 1. The zero-order valence-corrected chi connectivity index (χ0v) is 18.2. The lowest BCUT2D eigenvalue weighted by atomic mass is 10.1. The Morgan fingerprint density at radius 1 is 0.938 bits per heavy atom. The summed E-state index contributed by atoms with van der Waals surface area (Å²) in [5.41, 5.74) is 1.57. The molecule has 4 rings (SSSR count). The smallest absolute Gasteiger partial charge is 0.341 e. The fraction of sp³-hybridized carbons (Fsp3) is 0.261. The number of esters is 1. The van der Waals surface area contributed by atoms with Gasteiger partial charge in [-0.3, -0.25) is 9.48 Å². The number of hydrogen-bond donors (Lipinski definition) is 0. The average Bonchev–Trinajstić information content (AvgIpc) is 3.51. The summed E-state index contributed by atoms with van der Waals surface area (Å²) in [4.78, 5) is 24.8. The summed E-state index contributed by atoms with van der Waals surface area (Å²) in [6.07, 6.45) is 4.67. The first-order valence-corrected chi connectivity index (χ1v) is 11.7. The van der Waals surface area contributed by atoms with Crippen LogP contribution in [-0.2, 0) is 21.3 Å². The Kier molecular flexibility index (Phi) is 6.48. The number of benzene rings is 2. The number of nitrogens with zero attached hydrogens (tertiary/aromatic N) is 3. The van der Waals surface area contributed by atoms with Gasteiger partial charge in [0.05, 0.1) is 23.2 Å². The second kappa shape index (κ2) is 9.46. The lowest BCUT2D eigenvalue weighted by Crippen LogP contribution is -2.27. The Morgan fingerprint density at radius 2 is 1.62 bits per heavy atom. The van der Waals surface area contributed by atoms with Gasteiger partial charge in [0.1, 0.15) is 0 Å². The van der Waals surface area contributed by atoms with Crippen molar-refractivity contribution >= 4 is 21.8 Å². The van der Waals surface area contributed by atoms with Crippen molar-refractivity contribution < 1.29 is 22.7 Å². The predicted octanol–water partition coefficient (Wildman–Crippen LogP) is 2.76. The van der Waals surface area contributed by atoms with E-state index in [0.717, 1.165) is 18.4 Å². The standard InChI is InChI=1S/C23H23N3O5S/c27-22(19-8-10-21(11-9-19)32(29,30)26-12-4-5-13-26)17-31-23(28)20-14-24-25(16-20)15-18-6-2-1-3-7-18/h1-3,6-11,14,16H,4-5,12-13,15,17H2. The molecular formula is C23H23N3O5S. The number of sulfonamides is 1. The summed E-state index contributed by atoms with van der Waals surface area (Å²) in [5, 5.41) is 4.15. The number of carbonyl (C=O) groups is 2. The van der Waals surface area contributed by atoms with E-state index in [9.17, 15) is 18.0 Å². The molecule has 2 aromatic carbocycles. The predicted molar refractivity (Wildman–Crippen MR) is 117 cm³/mol. The van der Waals surface area contributed by atoms with Crippen LogP contribution in [0.5, 0.6) is 0 Å². The first-order chi connectivity index (χ1) is 15.4. The molecule has 1 saturated heterocycles. The Hall–Kier alpha value is -3.30. The quantitative estimate of drug-likeness (QED) is 0.384. The van der Waals surface area contributed by atoms with E-state index in [1.54, 1.807) is 10.9 Å². The van der Waals surface area contributed by atoms with E-state index in [0.29, 0.717) is 19.6 Å². The molecule has 8 nitrogen and oxygen atoms in total. The van der Waals surface area contributed by atoms with Crippen LogP contribution in [-0.4, -0.2) is 54.0 Å². The fourth-order valence-electron chi connectivity index (χ4n) is 3.51. The van der Waals surface area contributed by atoms with Gasteiger partial charge < -0.3 is 4.74 Å². The molecule has 0 aliphatic carbocycles. The van der Waals surface area contributed by atoms with E-state index < -0.39 is 28.4 Å². The maximum atomic E-state index is 12.6. The Labute approximate surface area is 186 Å². The molecule has 0 unspecified atom stereocenters. The molecule has 9 heteroatoms. The topological polar surface area (TPSA) is 98.6 Å². The van der Waals surface area contributed by atoms with Crippen LogP contribution in [0.1, 0.15) is 39.1 Å². The first kappa shape index (κ1) is 21.9. The van der Waals surface area contributed by atoms with Gasteiger partial charge in [0, 0.05) is 24.8 Å². The van der Waals surface area contributed by atoms with E-state index in [1.807, 2.05) is 30.3 Å². The van der Waals surface area contributed by atoms with Crippen molar-refractivity contribution in [2.45, 2.75) is 24.3 Å². The third kappa shape index (κ3) is 4.95. The number of aromatic nitrogens is 2. The van der Waals surface area contributed by atoms with Crippen molar-refractivity contribution in [1.29, 1.82) is 0 Å². The molecule has 32 heavy (non-hydrogen) atoms. The molecule has 0 saturated carbocycles. The van der Waals surface area contributed by atoms with Gasteiger partial charge in [-0.1, -0.05) is 30.3 Å². The van der Waals surface area contributed by atoms with Gasteiger partial charge >= 0.3 is 5.97 Å². The highest BCUT2D eigenvalue weighted by Crippen LogP contribution is 2.21. The highest BCUT2D eigenvalue weighted by Gasteiger charge is 2.27. The summed E-state index contributed by atoms with van der Waals surface area (Å²) >= 11 is 0. The van der Waals surface area contributed by atoms with Gasteiger partial charge in [-0.25, -0.2) is 13.2 Å². The van der Waals surface area contributed by atoms with Crippen LogP contribution in [0.25, 0.3) is 0 Å². The van der Waals surface area contributed by atoms with Gasteiger partial charge in [0.25, 0.3) is 0 Å². The molecule has 3 aromatic rings. The van der Waals surface area contributed by atoms with Gasteiger partial charge in [-0.05, 0) is 42.7 Å². The van der Waals surface area contributed by atoms with Crippen LogP contribution >= 0.6 is 0 Å². The molecule has 0 atom stereocenters. The van der Waals surface area contributed by atoms with Gasteiger partial charge in [-0.15, -0.1) is 0 Å². The Balaban J connectivity index is 1.33. The zero-order valence-electron chi connectivity index (χ0n) is 17.4. The van der Waals surface area contributed by atoms with E-state index >= 15 is 0 Å². The summed E-state index contributed by atoms with van der Waals surface area (Å²) in [7, 11) is -3.54. The molecule has 0 amide bonds. The Bertz CT molecular complexity index is 1200. The molecule has 1 aliphatic heterocycles. The van der Waals surface area contributed by atoms with Gasteiger partial charge in [-0.2, -0.15) is 9.40 Å². The summed E-state index contributed by atoms with van der Waals surface area (Å²) in [6, 6.07) is 15.4. The third-order valence-corrected chi connectivity index (χ3v) is 7.18. The number of rotatable bonds is 8. The van der Waals surface area contributed by atoms with Crippen molar-refractivity contribution in [3.63, 3.8) is 0 Å². The minimum Gasteiger partial charge on any atom is -0.454 e. The van der Waals surface area contributed by atoms with Crippen molar-refractivity contribution in [2.24, 2.45) is 0 Å². The van der Waals surface area contributed by atoms with Crippen LogP contribution in [0.3, 0.4) is 0 Å². The van der Waals surface area contributed by atoms with Crippen molar-refractivity contribution in [3.8, 4) is 0 Å². The maximum absolute atomic E-state index is 12.6. The van der Waals surface area contributed by atoms with Gasteiger partial charge in [0.15, 0.2) is 12.4 Å². The van der Waals surface area contributed by atoms with E-state index in [2.05, 4.69) is 5.10 Å². The Morgan fingerprint density at radius 3 is 2.31 bits per heavy atom. The molecule has 1 aromatic heterocycles. The summed E-state index contributed by atoms with van der Waals surface area (Å²) < 4.78 is 33.3.